The van der Waals surface area contributed by atoms with Crippen molar-refractivity contribution in [1.29, 1.82) is 0 Å². The molecule has 0 saturated carbocycles. The summed E-state index contributed by atoms with van der Waals surface area (Å²) in [4.78, 5) is 18.9. The van der Waals surface area contributed by atoms with Crippen LogP contribution in [-0.2, 0) is 6.61 Å². The minimum Gasteiger partial charge on any atom is -0.494 e. The Morgan fingerprint density at radius 1 is 0.854 bits per heavy atom. The number of aryl methyl sites for hydroxylation is 1. The van der Waals surface area contributed by atoms with Crippen molar-refractivity contribution in [3.63, 3.8) is 0 Å². The Balaban J connectivity index is 1.41. The highest BCUT2D eigenvalue weighted by Gasteiger charge is 2.19. The van der Waals surface area contributed by atoms with Crippen molar-refractivity contribution in [3.05, 3.63) is 128 Å². The normalized spacial score (nSPS) is 11.6. The lowest BCUT2D eigenvalue weighted by molar-refractivity contribution is 0.268. The van der Waals surface area contributed by atoms with E-state index in [1.165, 1.54) is 4.68 Å². The van der Waals surface area contributed by atoms with Gasteiger partial charge in [-0.3, -0.25) is 4.79 Å². The van der Waals surface area contributed by atoms with Gasteiger partial charge in [-0.25, -0.2) is 4.98 Å². The smallest absolute Gasteiger partial charge is 0.282 e. The number of nitrogens with zero attached hydrogens (tertiary/aromatic N) is 3. The molecule has 0 saturated heterocycles. The zero-order valence-corrected chi connectivity index (χ0v) is 29.4. The maximum atomic E-state index is 14.0. The number of halogens is 1. The van der Waals surface area contributed by atoms with Gasteiger partial charge in [0.25, 0.3) is 5.56 Å². The van der Waals surface area contributed by atoms with E-state index in [9.17, 15) is 4.79 Å². The SMILES string of the molecule is CCOc1cc(C)c(-c2nc3ccccc3c(=O)n2N=Cc2cc(Br)c(OCc3cccc4ccccc34)c(OCC)c2)cc1C(C)C. The van der Waals surface area contributed by atoms with E-state index in [-0.39, 0.29) is 11.5 Å². The van der Waals surface area contributed by atoms with Crippen molar-refractivity contribution in [3.8, 4) is 28.6 Å². The summed E-state index contributed by atoms with van der Waals surface area (Å²) in [6.07, 6.45) is 1.65. The monoisotopic (exact) mass is 703 g/mol. The number of hydrogen-bond donors (Lipinski definition) is 0. The van der Waals surface area contributed by atoms with Gasteiger partial charge in [0.05, 0.1) is 34.8 Å². The van der Waals surface area contributed by atoms with E-state index in [0.717, 1.165) is 44.3 Å². The van der Waals surface area contributed by atoms with Crippen LogP contribution in [0.15, 0.2) is 105 Å². The van der Waals surface area contributed by atoms with E-state index in [1.54, 1.807) is 12.3 Å². The molecule has 1 heterocycles. The third kappa shape index (κ3) is 6.71. The second kappa shape index (κ2) is 14.4. The molecule has 0 aliphatic rings. The van der Waals surface area contributed by atoms with E-state index >= 15 is 0 Å². The predicted molar refractivity (Wildman–Crippen MR) is 198 cm³/mol. The van der Waals surface area contributed by atoms with Gasteiger partial charge in [-0.2, -0.15) is 9.78 Å². The zero-order valence-electron chi connectivity index (χ0n) is 27.8. The Hall–Kier alpha value is -4.95. The van der Waals surface area contributed by atoms with Crippen LogP contribution < -0.4 is 19.8 Å². The number of fused-ring (bicyclic) bond motifs is 2. The molecule has 244 valence electrons. The number of rotatable bonds is 11. The molecule has 0 fully saturated rings. The van der Waals surface area contributed by atoms with Crippen LogP contribution in [-0.4, -0.2) is 29.1 Å². The van der Waals surface area contributed by atoms with Gasteiger partial charge in [0.1, 0.15) is 12.4 Å². The Bertz CT molecular complexity index is 2200. The molecular weight excluding hydrogens is 666 g/mol. The first-order valence-electron chi connectivity index (χ1n) is 16.2. The molecular formula is C40H38BrN3O4. The summed E-state index contributed by atoms with van der Waals surface area (Å²) in [5.41, 5.74) is 4.94. The maximum Gasteiger partial charge on any atom is 0.282 e. The molecule has 6 rings (SSSR count). The van der Waals surface area contributed by atoms with Gasteiger partial charge < -0.3 is 14.2 Å². The highest BCUT2D eigenvalue weighted by molar-refractivity contribution is 9.10. The van der Waals surface area contributed by atoms with Crippen LogP contribution in [0, 0.1) is 6.92 Å². The quantitative estimate of drug-likeness (QED) is 0.126. The van der Waals surface area contributed by atoms with Gasteiger partial charge in [-0.15, -0.1) is 0 Å². The summed E-state index contributed by atoms with van der Waals surface area (Å²) in [5, 5.41) is 7.54. The summed E-state index contributed by atoms with van der Waals surface area (Å²) in [7, 11) is 0. The average Bonchev–Trinajstić information content (AvgIpc) is 3.08. The highest BCUT2D eigenvalue weighted by atomic mass is 79.9. The molecule has 0 aliphatic carbocycles. The van der Waals surface area contributed by atoms with Crippen molar-refractivity contribution >= 4 is 43.8 Å². The third-order valence-electron chi connectivity index (χ3n) is 8.18. The number of para-hydroxylation sites is 1. The lowest BCUT2D eigenvalue weighted by Gasteiger charge is -2.18. The molecule has 0 bridgehead atoms. The van der Waals surface area contributed by atoms with Crippen molar-refractivity contribution in [1.82, 2.24) is 9.66 Å². The summed E-state index contributed by atoms with van der Waals surface area (Å²) in [6, 6.07) is 29.7. The number of benzene rings is 5. The van der Waals surface area contributed by atoms with Gasteiger partial charge >= 0.3 is 0 Å². The Labute approximate surface area is 288 Å². The van der Waals surface area contributed by atoms with Crippen LogP contribution in [0.4, 0.5) is 0 Å². The fourth-order valence-electron chi connectivity index (χ4n) is 5.83. The van der Waals surface area contributed by atoms with Crippen LogP contribution in [0.3, 0.4) is 0 Å². The largest absolute Gasteiger partial charge is 0.494 e. The summed E-state index contributed by atoms with van der Waals surface area (Å²) in [5.74, 6) is 2.66. The Morgan fingerprint density at radius 3 is 2.33 bits per heavy atom. The molecule has 0 aliphatic heterocycles. The van der Waals surface area contributed by atoms with E-state index in [0.29, 0.717) is 52.5 Å². The molecule has 0 atom stereocenters. The topological polar surface area (TPSA) is 74.9 Å². The van der Waals surface area contributed by atoms with Crippen molar-refractivity contribution in [2.24, 2.45) is 5.10 Å². The Morgan fingerprint density at radius 2 is 1.56 bits per heavy atom. The van der Waals surface area contributed by atoms with Crippen LogP contribution in [0.1, 0.15) is 55.9 Å². The number of hydrogen-bond acceptors (Lipinski definition) is 6. The molecule has 8 heteroatoms. The van der Waals surface area contributed by atoms with Gasteiger partial charge in [-0.05, 0) is 112 Å². The molecule has 1 aromatic heterocycles. The fourth-order valence-corrected chi connectivity index (χ4v) is 6.41. The highest BCUT2D eigenvalue weighted by Crippen LogP contribution is 2.38. The first-order chi connectivity index (χ1) is 23.3. The second-order valence-corrected chi connectivity index (χ2v) is 12.7. The first-order valence-corrected chi connectivity index (χ1v) is 17.0. The minimum absolute atomic E-state index is 0.200. The van der Waals surface area contributed by atoms with Gasteiger partial charge in [0, 0.05) is 5.56 Å². The molecule has 0 N–H and O–H groups in total. The number of ether oxygens (including phenoxy) is 3. The fraction of sp³-hybridized carbons (Fsp3) is 0.225. The van der Waals surface area contributed by atoms with Gasteiger partial charge in [0.2, 0.25) is 0 Å². The van der Waals surface area contributed by atoms with Crippen LogP contribution in [0.25, 0.3) is 33.1 Å². The maximum absolute atomic E-state index is 14.0. The second-order valence-electron chi connectivity index (χ2n) is 11.8. The lowest BCUT2D eigenvalue weighted by atomic mass is 9.96. The van der Waals surface area contributed by atoms with Gasteiger partial charge in [-0.1, -0.05) is 68.4 Å². The average molecular weight is 705 g/mol. The summed E-state index contributed by atoms with van der Waals surface area (Å²) >= 11 is 3.71. The van der Waals surface area contributed by atoms with Crippen molar-refractivity contribution in [2.75, 3.05) is 13.2 Å². The number of aromatic nitrogens is 2. The molecule has 5 aromatic carbocycles. The molecule has 0 radical (unpaired) electrons. The van der Waals surface area contributed by atoms with E-state index in [1.807, 2.05) is 75.4 Å². The molecule has 0 unspecified atom stereocenters. The minimum atomic E-state index is -0.259. The Kier molecular flexibility index (Phi) is 9.92. The molecule has 6 aromatic rings. The van der Waals surface area contributed by atoms with E-state index < -0.39 is 0 Å². The van der Waals surface area contributed by atoms with E-state index in [4.69, 9.17) is 24.3 Å². The molecule has 7 nitrogen and oxygen atoms in total. The van der Waals surface area contributed by atoms with Crippen LogP contribution >= 0.6 is 15.9 Å². The zero-order chi connectivity index (χ0) is 33.8. The third-order valence-corrected chi connectivity index (χ3v) is 8.77. The van der Waals surface area contributed by atoms with Crippen molar-refractivity contribution < 1.29 is 14.2 Å². The van der Waals surface area contributed by atoms with Crippen molar-refractivity contribution in [2.45, 2.75) is 47.1 Å². The first kappa shape index (κ1) is 33.0. The standard InChI is InChI=1S/C40H38BrN3O4/c1-6-46-36-19-26(5)33(22-32(36)25(3)4)39-43-35-18-11-10-17-31(35)40(45)44(39)42-23-27-20-34(41)38(37(21-27)47-7-2)48-24-29-15-12-14-28-13-8-9-16-30(28)29/h8-23,25H,6-7,24H2,1-5H3. The lowest BCUT2D eigenvalue weighted by Crippen LogP contribution is -2.21. The molecule has 0 amide bonds. The van der Waals surface area contributed by atoms with E-state index in [2.05, 4.69) is 60.1 Å². The van der Waals surface area contributed by atoms with Gasteiger partial charge in [0.15, 0.2) is 17.3 Å². The van der Waals surface area contributed by atoms with Crippen LogP contribution in [0.2, 0.25) is 0 Å². The predicted octanol–water partition coefficient (Wildman–Crippen LogP) is 9.67. The van der Waals surface area contributed by atoms with Crippen LogP contribution in [0.5, 0.6) is 17.2 Å². The molecule has 0 spiro atoms. The summed E-state index contributed by atoms with van der Waals surface area (Å²) < 4.78 is 20.5. The summed E-state index contributed by atoms with van der Waals surface area (Å²) in [6.45, 7) is 11.5. The molecule has 48 heavy (non-hydrogen) atoms.